The molecule has 5 aliphatic rings. The monoisotopic (exact) mass is 442 g/mol. The van der Waals surface area contributed by atoms with E-state index in [0.29, 0.717) is 55.4 Å². The van der Waals surface area contributed by atoms with Crippen LogP contribution in [0.25, 0.3) is 0 Å². The number of amides is 3. The molecule has 2 N–H and O–H groups in total. The Bertz CT molecular complexity index is 863. The van der Waals surface area contributed by atoms with E-state index >= 15 is 0 Å². The molecule has 1 saturated heterocycles. The van der Waals surface area contributed by atoms with Gasteiger partial charge in [0.1, 0.15) is 11.4 Å². The molecule has 9 nitrogen and oxygen atoms in total. The number of pyridine rings is 1. The van der Waals surface area contributed by atoms with Gasteiger partial charge in [0.05, 0.1) is 13.2 Å². The van der Waals surface area contributed by atoms with Crippen LogP contribution >= 0.6 is 0 Å². The van der Waals surface area contributed by atoms with Crippen molar-refractivity contribution in [2.45, 2.75) is 44.1 Å². The Morgan fingerprint density at radius 1 is 1.09 bits per heavy atom. The van der Waals surface area contributed by atoms with E-state index < -0.39 is 24.5 Å². The van der Waals surface area contributed by atoms with E-state index in [1.807, 2.05) is 4.90 Å². The molecule has 1 aromatic rings. The van der Waals surface area contributed by atoms with Gasteiger partial charge in [-0.3, -0.25) is 10.1 Å². The van der Waals surface area contributed by atoms with Crippen molar-refractivity contribution in [2.24, 2.45) is 17.8 Å². The third-order valence-electron chi connectivity index (χ3n) is 7.32. The van der Waals surface area contributed by atoms with Gasteiger partial charge in [0, 0.05) is 24.8 Å². The Morgan fingerprint density at radius 2 is 1.75 bits per heavy atom. The first-order valence-electron chi connectivity index (χ1n) is 11.6. The summed E-state index contributed by atoms with van der Waals surface area (Å²) in [6, 6.07) is 2.78. The third-order valence-corrected chi connectivity index (χ3v) is 7.32. The molecule has 1 aliphatic heterocycles. The highest BCUT2D eigenvalue weighted by Gasteiger charge is 2.51. The number of rotatable bonds is 5. The summed E-state index contributed by atoms with van der Waals surface area (Å²) in [6.45, 7) is 1.85. The molecule has 9 heteroatoms. The van der Waals surface area contributed by atoms with Crippen molar-refractivity contribution >= 4 is 23.7 Å². The summed E-state index contributed by atoms with van der Waals surface area (Å²) < 4.78 is 10.5. The SMILES string of the molecule is O=C(COC(=O)c1cccnc1N1CCOCC1)NC(=O)NC12CC3CC(CC(C3)C1)C2. The zero-order valence-electron chi connectivity index (χ0n) is 18.2. The Morgan fingerprint density at radius 3 is 2.41 bits per heavy atom. The first kappa shape index (κ1) is 21.2. The largest absolute Gasteiger partial charge is 0.452 e. The van der Waals surface area contributed by atoms with Gasteiger partial charge in [-0.25, -0.2) is 14.6 Å². The van der Waals surface area contributed by atoms with Crippen LogP contribution in [-0.2, 0) is 14.3 Å². The second-order valence-corrected chi connectivity index (χ2v) is 9.75. The summed E-state index contributed by atoms with van der Waals surface area (Å²) in [5.74, 6) is 1.31. The van der Waals surface area contributed by atoms with Crippen molar-refractivity contribution in [3.05, 3.63) is 23.9 Å². The highest BCUT2D eigenvalue weighted by molar-refractivity contribution is 5.98. The zero-order chi connectivity index (χ0) is 22.1. The molecule has 0 aromatic carbocycles. The van der Waals surface area contributed by atoms with Crippen LogP contribution in [0.5, 0.6) is 0 Å². The maximum Gasteiger partial charge on any atom is 0.342 e. The fraction of sp³-hybridized carbons (Fsp3) is 0.652. The van der Waals surface area contributed by atoms with Crippen molar-refractivity contribution in [3.8, 4) is 0 Å². The van der Waals surface area contributed by atoms with Crippen LogP contribution in [-0.4, -0.2) is 61.3 Å². The lowest BCUT2D eigenvalue weighted by molar-refractivity contribution is -0.123. The molecule has 172 valence electrons. The lowest BCUT2D eigenvalue weighted by atomic mass is 9.53. The number of esters is 1. The molecule has 0 radical (unpaired) electrons. The Hall–Kier alpha value is -2.68. The molecule has 32 heavy (non-hydrogen) atoms. The molecule has 5 fully saturated rings. The number of nitrogens with zero attached hydrogens (tertiary/aromatic N) is 2. The third kappa shape index (κ3) is 4.44. The fourth-order valence-corrected chi connectivity index (χ4v) is 6.49. The number of nitrogens with one attached hydrogen (secondary N) is 2. The van der Waals surface area contributed by atoms with E-state index in [1.165, 1.54) is 19.3 Å². The lowest BCUT2D eigenvalue weighted by Gasteiger charge is -2.56. The molecule has 2 heterocycles. The number of ether oxygens (including phenoxy) is 2. The average molecular weight is 443 g/mol. The molecule has 3 amide bonds. The Balaban J connectivity index is 1.13. The number of morpholine rings is 1. The topological polar surface area (TPSA) is 110 Å². The highest BCUT2D eigenvalue weighted by atomic mass is 16.5. The van der Waals surface area contributed by atoms with E-state index in [4.69, 9.17) is 9.47 Å². The maximum atomic E-state index is 12.6. The minimum atomic E-state index is -0.642. The average Bonchev–Trinajstić information content (AvgIpc) is 2.76. The quantitative estimate of drug-likeness (QED) is 0.670. The van der Waals surface area contributed by atoms with E-state index in [-0.39, 0.29) is 5.54 Å². The smallest absolute Gasteiger partial charge is 0.342 e. The molecule has 0 unspecified atom stereocenters. The molecule has 0 spiro atoms. The minimum Gasteiger partial charge on any atom is -0.452 e. The number of aromatic nitrogens is 1. The summed E-state index contributed by atoms with van der Waals surface area (Å²) in [5.41, 5.74) is 0.110. The van der Waals surface area contributed by atoms with Gasteiger partial charge in [-0.2, -0.15) is 0 Å². The normalized spacial score (nSPS) is 30.6. The Kier molecular flexibility index (Phi) is 5.75. The van der Waals surface area contributed by atoms with Crippen molar-refractivity contribution in [1.29, 1.82) is 0 Å². The molecule has 1 aromatic heterocycles. The predicted octanol–water partition coefficient (Wildman–Crippen LogP) is 1.87. The fourth-order valence-electron chi connectivity index (χ4n) is 6.49. The molecule has 6 rings (SSSR count). The second kappa shape index (κ2) is 8.69. The molecule has 0 atom stereocenters. The number of hydrogen-bond donors (Lipinski definition) is 2. The van der Waals surface area contributed by atoms with Gasteiger partial charge in [-0.1, -0.05) is 0 Å². The number of carbonyl (C=O) groups is 3. The van der Waals surface area contributed by atoms with Crippen LogP contribution in [0.3, 0.4) is 0 Å². The van der Waals surface area contributed by atoms with E-state index in [0.717, 1.165) is 19.3 Å². The molecule has 4 saturated carbocycles. The van der Waals surface area contributed by atoms with Gasteiger partial charge < -0.3 is 19.7 Å². The molecular weight excluding hydrogens is 412 g/mol. The summed E-state index contributed by atoms with van der Waals surface area (Å²) in [6.07, 6.45) is 8.44. The zero-order valence-corrected chi connectivity index (χ0v) is 18.2. The minimum absolute atomic E-state index is 0.182. The number of anilines is 1. The summed E-state index contributed by atoms with van der Waals surface area (Å²) in [4.78, 5) is 43.6. The van der Waals surface area contributed by atoms with E-state index in [2.05, 4.69) is 15.6 Å². The highest BCUT2D eigenvalue weighted by Crippen LogP contribution is 2.55. The van der Waals surface area contributed by atoms with Crippen LogP contribution in [0, 0.1) is 17.8 Å². The van der Waals surface area contributed by atoms with Gasteiger partial charge in [-0.05, 0) is 68.4 Å². The van der Waals surface area contributed by atoms with Gasteiger partial charge in [0.25, 0.3) is 5.91 Å². The summed E-state index contributed by atoms with van der Waals surface area (Å²) >= 11 is 0. The maximum absolute atomic E-state index is 12.6. The molecule has 4 aliphatic carbocycles. The van der Waals surface area contributed by atoms with Crippen molar-refractivity contribution in [2.75, 3.05) is 37.8 Å². The molecule has 4 bridgehead atoms. The van der Waals surface area contributed by atoms with Crippen molar-refractivity contribution in [3.63, 3.8) is 0 Å². The lowest BCUT2D eigenvalue weighted by Crippen LogP contribution is -2.62. The van der Waals surface area contributed by atoms with Crippen molar-refractivity contribution in [1.82, 2.24) is 15.6 Å². The van der Waals surface area contributed by atoms with Crippen molar-refractivity contribution < 1.29 is 23.9 Å². The first-order valence-corrected chi connectivity index (χ1v) is 11.6. The van der Waals surface area contributed by atoms with Crippen LogP contribution in [0.1, 0.15) is 48.9 Å². The van der Waals surface area contributed by atoms with Gasteiger partial charge in [0.2, 0.25) is 0 Å². The van der Waals surface area contributed by atoms with E-state index in [1.54, 1.807) is 18.3 Å². The van der Waals surface area contributed by atoms with Crippen LogP contribution < -0.4 is 15.5 Å². The Labute approximate surface area is 187 Å². The van der Waals surface area contributed by atoms with Gasteiger partial charge >= 0.3 is 12.0 Å². The van der Waals surface area contributed by atoms with Crippen LogP contribution in [0.15, 0.2) is 18.3 Å². The van der Waals surface area contributed by atoms with Crippen LogP contribution in [0.4, 0.5) is 10.6 Å². The standard InChI is InChI=1S/C23H30N4O5/c28-19(25-22(30)26-23-11-15-8-16(12-23)10-17(9-15)13-23)14-32-21(29)18-2-1-3-24-20(18)27-4-6-31-7-5-27/h1-3,15-17H,4-14H2,(H2,25,26,28,30). The predicted molar refractivity (Wildman–Crippen MR) is 115 cm³/mol. The van der Waals surface area contributed by atoms with Crippen LogP contribution in [0.2, 0.25) is 0 Å². The first-order chi connectivity index (χ1) is 15.5. The number of carbonyl (C=O) groups excluding carboxylic acids is 3. The van der Waals surface area contributed by atoms with E-state index in [9.17, 15) is 14.4 Å². The summed E-state index contributed by atoms with van der Waals surface area (Å²) in [5, 5.41) is 5.42. The number of imide groups is 1. The number of urea groups is 1. The van der Waals surface area contributed by atoms with Gasteiger partial charge in [-0.15, -0.1) is 0 Å². The second-order valence-electron chi connectivity index (χ2n) is 9.75. The summed E-state index contributed by atoms with van der Waals surface area (Å²) in [7, 11) is 0. The number of hydrogen-bond acceptors (Lipinski definition) is 7. The van der Waals surface area contributed by atoms with Gasteiger partial charge in [0.15, 0.2) is 6.61 Å². The molecular formula is C23H30N4O5.